The number of carboxylic acids is 1. The Kier molecular flexibility index (Phi) is 23.5. The zero-order valence-electron chi connectivity index (χ0n) is 55.0. The Morgan fingerprint density at radius 3 is 0.980 bits per heavy atom. The monoisotopic (exact) mass is 1360 g/mol. The van der Waals surface area contributed by atoms with Crippen LogP contribution in [0.3, 0.4) is 0 Å². The number of amides is 5. The second-order valence-corrected chi connectivity index (χ2v) is 23.4. The van der Waals surface area contributed by atoms with E-state index in [1.165, 1.54) is 26.4 Å². The summed E-state index contributed by atoms with van der Waals surface area (Å²) in [5.74, 6) is -5.09. The minimum absolute atomic E-state index is 0.0372. The number of esters is 3. The van der Waals surface area contributed by atoms with Gasteiger partial charge in [-0.15, -0.1) is 0 Å². The van der Waals surface area contributed by atoms with Crippen molar-refractivity contribution in [3.8, 4) is 39.1 Å². The molecule has 23 nitrogen and oxygen atoms in total. The van der Waals surface area contributed by atoms with Crippen molar-refractivity contribution in [3.05, 3.63) is 244 Å². The van der Waals surface area contributed by atoms with Gasteiger partial charge in [0.25, 0.3) is 11.8 Å². The fourth-order valence-corrected chi connectivity index (χ4v) is 12.6. The first-order chi connectivity index (χ1) is 48.5. The third kappa shape index (κ3) is 16.6. The quantitative estimate of drug-likeness (QED) is 0.0263. The van der Waals surface area contributed by atoms with E-state index in [0.29, 0.717) is 17.9 Å². The highest BCUT2D eigenvalue weighted by Crippen LogP contribution is 2.47. The van der Waals surface area contributed by atoms with Gasteiger partial charge in [-0.1, -0.05) is 175 Å². The van der Waals surface area contributed by atoms with Crippen LogP contribution in [0.5, 0.6) is 5.75 Å². The lowest BCUT2D eigenvalue weighted by Gasteiger charge is -2.19. The summed E-state index contributed by atoms with van der Waals surface area (Å²) in [5.41, 5.74) is 14.5. The number of hydrogen-bond donors (Lipinski definition) is 4. The number of carbonyl (C=O) groups excluding carboxylic acids is 9. The van der Waals surface area contributed by atoms with E-state index in [1.807, 2.05) is 146 Å². The number of nitrogens with one attached hydrogen (secondary N) is 3. The summed E-state index contributed by atoms with van der Waals surface area (Å²) in [6.45, 7) is 0.328. The molecule has 3 atom stereocenters. The molecular weight excluding hydrogens is 1280 g/mol. The lowest BCUT2D eigenvalue weighted by molar-refractivity contribution is -0.169. The average molecular weight is 1360 g/mol. The summed E-state index contributed by atoms with van der Waals surface area (Å²) in [6.07, 6.45) is -2.26. The molecule has 0 unspecified atom stereocenters. The standard InChI is InChI=1S/C29H24N2O8.C27H27NO5.C21H21NO6/c1-37-28(35)24(14-15-25(32)39-31-26(33)21-12-6-7-13-22(21)27(31)34)30-29(36)38-16-23-19-10-4-2-8-17(19)18-9-3-5-11-20(18)23;1-31-19-14-11-18(12-15-19)13-16-25(26(29)32-2)28-27(30)33-17-24-22-9-5-3-7-20(22)21-8-4-6-10-23(21)24;1-27-20(25)18(10-11-19(23)24)22-21(26)28-12-17-15-8-4-2-6-13(15)14-7-3-5-9-16(14)17/h2-13,23-24H,14-16H2,1H3,(H,30,36);3-12,14-15,24-25H,13,16-17H2,1-2H3,(H,28,30);2-9,17-18H,10-12H2,1H3,(H,22,26)(H,23,24)/t24-;25-;18-/m000/s1. The van der Waals surface area contributed by atoms with Crippen LogP contribution >= 0.6 is 0 Å². The van der Waals surface area contributed by atoms with Gasteiger partial charge in [0, 0.05) is 24.2 Å². The second-order valence-electron chi connectivity index (χ2n) is 23.4. The van der Waals surface area contributed by atoms with Crippen molar-refractivity contribution in [2.24, 2.45) is 0 Å². The van der Waals surface area contributed by atoms with Gasteiger partial charge in [0.15, 0.2) is 0 Å². The predicted octanol–water partition coefficient (Wildman–Crippen LogP) is 11.2. The Balaban J connectivity index is 0.000000164. The van der Waals surface area contributed by atoms with Gasteiger partial charge >= 0.3 is 48.1 Å². The van der Waals surface area contributed by atoms with Crippen LogP contribution in [0.4, 0.5) is 14.4 Å². The third-order valence-corrected chi connectivity index (χ3v) is 17.5. The maximum atomic E-state index is 12.6. The number of rotatable bonds is 23. The van der Waals surface area contributed by atoms with Crippen LogP contribution in [0.1, 0.15) is 110 Å². The molecule has 1 aliphatic heterocycles. The maximum absolute atomic E-state index is 12.6. The molecule has 4 N–H and O–H groups in total. The number of aryl methyl sites for hydroxylation is 1. The number of aliphatic carboxylic acids is 1. The molecule has 12 rings (SSSR count). The van der Waals surface area contributed by atoms with E-state index < -0.39 is 84.5 Å². The normalized spacial score (nSPS) is 13.5. The first kappa shape index (κ1) is 70.7. The van der Waals surface area contributed by atoms with E-state index in [4.69, 9.17) is 38.4 Å². The predicted molar refractivity (Wildman–Crippen MR) is 362 cm³/mol. The van der Waals surface area contributed by atoms with Crippen molar-refractivity contribution in [2.75, 3.05) is 48.3 Å². The highest BCUT2D eigenvalue weighted by Gasteiger charge is 2.40. The van der Waals surface area contributed by atoms with E-state index in [-0.39, 0.29) is 68.0 Å². The zero-order valence-corrected chi connectivity index (χ0v) is 55.0. The van der Waals surface area contributed by atoms with Crippen molar-refractivity contribution < 1.29 is 91.0 Å². The smallest absolute Gasteiger partial charge is 0.407 e. The van der Waals surface area contributed by atoms with Gasteiger partial charge in [-0.3, -0.25) is 14.4 Å². The number of nitrogens with zero attached hydrogens (tertiary/aromatic N) is 1. The molecule has 0 saturated carbocycles. The van der Waals surface area contributed by atoms with Crippen molar-refractivity contribution in [1.29, 1.82) is 0 Å². The number of hydrogen-bond acceptors (Lipinski definition) is 18. The number of ether oxygens (including phenoxy) is 7. The summed E-state index contributed by atoms with van der Waals surface area (Å²) < 4.78 is 35.8. The number of fused-ring (bicyclic) bond motifs is 10. The molecule has 23 heteroatoms. The first-order valence-corrected chi connectivity index (χ1v) is 32.1. The molecule has 0 spiro atoms. The first-order valence-electron chi connectivity index (χ1n) is 32.1. The molecule has 514 valence electrons. The Labute approximate surface area is 575 Å². The van der Waals surface area contributed by atoms with Crippen molar-refractivity contribution in [3.63, 3.8) is 0 Å². The molecule has 0 radical (unpaired) electrons. The van der Waals surface area contributed by atoms with Crippen molar-refractivity contribution >= 4 is 59.9 Å². The van der Waals surface area contributed by atoms with Gasteiger partial charge in [-0.05, 0) is 122 Å². The van der Waals surface area contributed by atoms with E-state index in [1.54, 1.807) is 19.2 Å². The minimum Gasteiger partial charge on any atom is -0.497 e. The largest absolute Gasteiger partial charge is 0.497 e. The molecule has 1 heterocycles. The molecule has 8 aromatic rings. The van der Waals surface area contributed by atoms with E-state index >= 15 is 0 Å². The molecule has 8 aromatic carbocycles. The number of alkyl carbamates (subject to hydrolysis) is 3. The average Bonchev–Trinajstić information content (AvgIpc) is 1.64. The minimum atomic E-state index is -1.22. The molecule has 0 saturated heterocycles. The Bertz CT molecular complexity index is 4190. The fourth-order valence-electron chi connectivity index (χ4n) is 12.6. The lowest BCUT2D eigenvalue weighted by Crippen LogP contribution is -2.42. The molecule has 100 heavy (non-hydrogen) atoms. The topological polar surface area (TPSA) is 304 Å². The van der Waals surface area contributed by atoms with Crippen LogP contribution in [-0.4, -0.2) is 136 Å². The number of benzene rings is 8. The van der Waals surface area contributed by atoms with Crippen LogP contribution in [0.15, 0.2) is 194 Å². The van der Waals surface area contributed by atoms with Crippen LogP contribution in [-0.2, 0) is 63.7 Å². The fraction of sp³-hybridized carbons (Fsp3) is 0.247. The lowest BCUT2D eigenvalue weighted by atomic mass is 9.98. The summed E-state index contributed by atoms with van der Waals surface area (Å²) >= 11 is 0. The van der Waals surface area contributed by atoms with E-state index in [0.717, 1.165) is 85.2 Å². The van der Waals surface area contributed by atoms with Gasteiger partial charge in [0.2, 0.25) is 0 Å². The SMILES string of the molecule is COC(=O)[C@H](CCC(=O)O)NC(=O)OCC1c2ccccc2-c2ccccc21.COC(=O)[C@H](CCC(=O)ON1C(=O)c2ccccc2C1=O)NC(=O)OCC1c2ccccc2-c2ccccc21.COC(=O)[C@H](CCc1ccc(OC)cc1)NC(=O)OCC1c2ccccc2-c2ccccc21. The van der Waals surface area contributed by atoms with Gasteiger partial charge in [0.05, 0.1) is 46.0 Å². The van der Waals surface area contributed by atoms with E-state index in [9.17, 15) is 47.9 Å². The zero-order chi connectivity index (χ0) is 70.8. The maximum Gasteiger partial charge on any atom is 0.407 e. The molecule has 3 aliphatic carbocycles. The molecule has 5 amide bonds. The van der Waals surface area contributed by atoms with E-state index in [2.05, 4.69) is 45.0 Å². The van der Waals surface area contributed by atoms with Crippen molar-refractivity contribution in [1.82, 2.24) is 21.0 Å². The van der Waals surface area contributed by atoms with Gasteiger partial charge in [-0.2, -0.15) is 0 Å². The molecule has 0 aromatic heterocycles. The highest BCUT2D eigenvalue weighted by atomic mass is 16.7. The van der Waals surface area contributed by atoms with Crippen LogP contribution in [0.25, 0.3) is 33.4 Å². The molecular formula is C77H72N4O19. The summed E-state index contributed by atoms with van der Waals surface area (Å²) in [4.78, 5) is 127. The third-order valence-electron chi connectivity index (χ3n) is 17.5. The van der Waals surface area contributed by atoms with Crippen LogP contribution in [0.2, 0.25) is 0 Å². The van der Waals surface area contributed by atoms with Gasteiger partial charge in [0.1, 0.15) is 43.7 Å². The summed E-state index contributed by atoms with van der Waals surface area (Å²) in [7, 11) is 5.24. The van der Waals surface area contributed by atoms with Gasteiger partial charge in [-0.25, -0.2) is 33.6 Å². The van der Waals surface area contributed by atoms with Gasteiger partial charge < -0.3 is 59.1 Å². The Morgan fingerprint density at radius 1 is 0.390 bits per heavy atom. The Hall–Kier alpha value is -12.1. The van der Waals surface area contributed by atoms with Crippen LogP contribution < -0.4 is 20.7 Å². The number of imide groups is 1. The number of carbonyl (C=O) groups is 10. The number of methoxy groups -OCH3 is 4. The Morgan fingerprint density at radius 2 is 0.680 bits per heavy atom. The summed E-state index contributed by atoms with van der Waals surface area (Å²) in [6, 6.07) is 58.5. The van der Waals surface area contributed by atoms with Crippen molar-refractivity contribution in [2.45, 2.75) is 74.4 Å². The number of carboxylic acid groups (broad SMARTS) is 1. The molecule has 0 bridgehead atoms. The summed E-state index contributed by atoms with van der Waals surface area (Å²) in [5, 5.41) is 16.7. The number of hydroxylamine groups is 2. The second kappa shape index (κ2) is 33.2. The highest BCUT2D eigenvalue weighted by molar-refractivity contribution is 6.21. The molecule has 0 fully saturated rings. The van der Waals surface area contributed by atoms with Crippen LogP contribution in [0, 0.1) is 0 Å². The molecule has 4 aliphatic rings.